The van der Waals surface area contributed by atoms with Gasteiger partial charge < -0.3 is 16.2 Å². The first-order chi connectivity index (χ1) is 8.09. The first kappa shape index (κ1) is 13.7. The summed E-state index contributed by atoms with van der Waals surface area (Å²) in [5.74, 6) is -0.172. The molecule has 1 rings (SSSR count). The predicted octanol–water partition coefficient (Wildman–Crippen LogP) is 0.444. The van der Waals surface area contributed by atoms with Crippen molar-refractivity contribution in [2.45, 2.75) is 31.9 Å². The molecule has 17 heavy (non-hydrogen) atoms. The van der Waals surface area contributed by atoms with Crippen molar-refractivity contribution in [3.05, 3.63) is 35.9 Å². The summed E-state index contributed by atoms with van der Waals surface area (Å²) in [6.45, 7) is 2.15. The Hall–Kier alpha value is -1.39. The molecular weight excluding hydrogens is 216 g/mol. The zero-order valence-electron chi connectivity index (χ0n) is 10.1. The van der Waals surface area contributed by atoms with Crippen molar-refractivity contribution < 1.29 is 9.90 Å². The molecule has 94 valence electrons. The summed E-state index contributed by atoms with van der Waals surface area (Å²) in [5, 5.41) is 11.8. The molecule has 0 fully saturated rings. The molecule has 0 aromatic heterocycles. The molecule has 1 amide bonds. The SMILES string of the molecule is CC(O)CCNC(=O)[C@@H](N)Cc1ccccc1. The van der Waals surface area contributed by atoms with E-state index in [1.807, 2.05) is 30.3 Å². The van der Waals surface area contributed by atoms with E-state index in [1.165, 1.54) is 0 Å². The highest BCUT2D eigenvalue weighted by Crippen LogP contribution is 2.01. The lowest BCUT2D eigenvalue weighted by Gasteiger charge is -2.12. The maximum absolute atomic E-state index is 11.6. The maximum atomic E-state index is 11.6. The summed E-state index contributed by atoms with van der Waals surface area (Å²) in [4.78, 5) is 11.6. The Morgan fingerprint density at radius 2 is 2.06 bits per heavy atom. The van der Waals surface area contributed by atoms with Crippen LogP contribution >= 0.6 is 0 Å². The van der Waals surface area contributed by atoms with Crippen LogP contribution in [-0.2, 0) is 11.2 Å². The Kier molecular flexibility index (Phi) is 5.66. The number of carbonyl (C=O) groups excluding carboxylic acids is 1. The molecular formula is C13H20N2O2. The van der Waals surface area contributed by atoms with Gasteiger partial charge in [0.1, 0.15) is 0 Å². The van der Waals surface area contributed by atoms with Gasteiger partial charge in [0.15, 0.2) is 0 Å². The summed E-state index contributed by atoms with van der Waals surface area (Å²) in [5.41, 5.74) is 6.84. The fourth-order valence-corrected chi connectivity index (χ4v) is 1.50. The number of rotatable bonds is 6. The van der Waals surface area contributed by atoms with E-state index in [0.29, 0.717) is 19.4 Å². The Morgan fingerprint density at radius 3 is 2.65 bits per heavy atom. The van der Waals surface area contributed by atoms with Gasteiger partial charge in [0, 0.05) is 6.54 Å². The number of carbonyl (C=O) groups is 1. The minimum Gasteiger partial charge on any atom is -0.393 e. The van der Waals surface area contributed by atoms with Crippen LogP contribution < -0.4 is 11.1 Å². The molecule has 4 nitrogen and oxygen atoms in total. The van der Waals surface area contributed by atoms with Crippen molar-refractivity contribution in [1.82, 2.24) is 5.32 Å². The Morgan fingerprint density at radius 1 is 1.41 bits per heavy atom. The molecule has 1 unspecified atom stereocenters. The van der Waals surface area contributed by atoms with Crippen molar-refractivity contribution in [2.24, 2.45) is 5.73 Å². The largest absolute Gasteiger partial charge is 0.393 e. The number of nitrogens with two attached hydrogens (primary N) is 1. The van der Waals surface area contributed by atoms with Gasteiger partial charge in [-0.2, -0.15) is 0 Å². The highest BCUT2D eigenvalue weighted by Gasteiger charge is 2.13. The number of benzene rings is 1. The molecule has 1 aromatic rings. The van der Waals surface area contributed by atoms with Gasteiger partial charge >= 0.3 is 0 Å². The van der Waals surface area contributed by atoms with Crippen LogP contribution in [0.1, 0.15) is 18.9 Å². The molecule has 4 heteroatoms. The second-order valence-corrected chi connectivity index (χ2v) is 4.22. The average Bonchev–Trinajstić information content (AvgIpc) is 2.29. The lowest BCUT2D eigenvalue weighted by Crippen LogP contribution is -2.42. The molecule has 1 aromatic carbocycles. The van der Waals surface area contributed by atoms with Crippen LogP contribution in [-0.4, -0.2) is 29.7 Å². The van der Waals surface area contributed by atoms with Gasteiger partial charge in [-0.3, -0.25) is 4.79 Å². The van der Waals surface area contributed by atoms with E-state index in [0.717, 1.165) is 5.56 Å². The molecule has 2 atom stereocenters. The number of hydrogen-bond acceptors (Lipinski definition) is 3. The van der Waals surface area contributed by atoms with Crippen molar-refractivity contribution in [3.63, 3.8) is 0 Å². The standard InChI is InChI=1S/C13H20N2O2/c1-10(16)7-8-15-13(17)12(14)9-11-5-3-2-4-6-11/h2-6,10,12,16H,7-9,14H2,1H3,(H,15,17)/t10?,12-/m0/s1. The van der Waals surface area contributed by atoms with Gasteiger partial charge in [0.2, 0.25) is 5.91 Å². The van der Waals surface area contributed by atoms with Crippen LogP contribution in [0, 0.1) is 0 Å². The monoisotopic (exact) mass is 236 g/mol. The molecule has 0 aliphatic heterocycles. The second kappa shape index (κ2) is 7.04. The minimum atomic E-state index is -0.536. The van der Waals surface area contributed by atoms with Crippen molar-refractivity contribution in [2.75, 3.05) is 6.54 Å². The van der Waals surface area contributed by atoms with Gasteiger partial charge in [-0.15, -0.1) is 0 Å². The molecule has 0 heterocycles. The molecule has 0 bridgehead atoms. The molecule has 0 saturated carbocycles. The number of amides is 1. The molecule has 0 radical (unpaired) electrons. The quantitative estimate of drug-likeness (QED) is 0.671. The summed E-state index contributed by atoms with van der Waals surface area (Å²) >= 11 is 0. The topological polar surface area (TPSA) is 75.3 Å². The van der Waals surface area contributed by atoms with E-state index in [1.54, 1.807) is 6.92 Å². The van der Waals surface area contributed by atoms with Crippen molar-refractivity contribution in [3.8, 4) is 0 Å². The Bertz CT molecular complexity index is 339. The fraction of sp³-hybridized carbons (Fsp3) is 0.462. The Labute approximate surface area is 102 Å². The van der Waals surface area contributed by atoms with Gasteiger partial charge in [0.05, 0.1) is 12.1 Å². The summed E-state index contributed by atoms with van der Waals surface area (Å²) in [7, 11) is 0. The van der Waals surface area contributed by atoms with Gasteiger partial charge in [-0.05, 0) is 25.3 Å². The molecule has 0 aliphatic rings. The molecule has 4 N–H and O–H groups in total. The van der Waals surface area contributed by atoms with Crippen molar-refractivity contribution >= 4 is 5.91 Å². The van der Waals surface area contributed by atoms with Crippen LogP contribution in [0.25, 0.3) is 0 Å². The highest BCUT2D eigenvalue weighted by molar-refractivity contribution is 5.81. The van der Waals surface area contributed by atoms with Crippen molar-refractivity contribution in [1.29, 1.82) is 0 Å². The first-order valence-corrected chi connectivity index (χ1v) is 5.85. The Balaban J connectivity index is 2.32. The van der Waals surface area contributed by atoms with Crippen LogP contribution in [0.2, 0.25) is 0 Å². The normalized spacial score (nSPS) is 14.1. The molecule has 0 spiro atoms. The number of aliphatic hydroxyl groups excluding tert-OH is 1. The third kappa shape index (κ3) is 5.47. The lowest BCUT2D eigenvalue weighted by atomic mass is 10.1. The summed E-state index contributed by atoms with van der Waals surface area (Å²) in [6, 6.07) is 9.14. The second-order valence-electron chi connectivity index (χ2n) is 4.22. The zero-order chi connectivity index (χ0) is 12.7. The zero-order valence-corrected chi connectivity index (χ0v) is 10.1. The number of hydrogen-bond donors (Lipinski definition) is 3. The predicted molar refractivity (Wildman–Crippen MR) is 67.4 cm³/mol. The number of aliphatic hydroxyl groups is 1. The maximum Gasteiger partial charge on any atom is 0.237 e. The lowest BCUT2D eigenvalue weighted by molar-refractivity contribution is -0.122. The van der Waals surface area contributed by atoms with Gasteiger partial charge in [0.25, 0.3) is 0 Å². The van der Waals surface area contributed by atoms with E-state index in [4.69, 9.17) is 10.8 Å². The van der Waals surface area contributed by atoms with Gasteiger partial charge in [-0.1, -0.05) is 30.3 Å². The smallest absolute Gasteiger partial charge is 0.237 e. The van der Waals surface area contributed by atoms with E-state index in [2.05, 4.69) is 5.32 Å². The van der Waals surface area contributed by atoms with E-state index in [-0.39, 0.29) is 5.91 Å². The summed E-state index contributed by atoms with van der Waals surface area (Å²) < 4.78 is 0. The average molecular weight is 236 g/mol. The van der Waals surface area contributed by atoms with E-state index in [9.17, 15) is 4.79 Å². The van der Waals surface area contributed by atoms with Gasteiger partial charge in [-0.25, -0.2) is 0 Å². The molecule has 0 saturated heterocycles. The fourth-order valence-electron chi connectivity index (χ4n) is 1.50. The van der Waals surface area contributed by atoms with Crippen LogP contribution in [0.15, 0.2) is 30.3 Å². The first-order valence-electron chi connectivity index (χ1n) is 5.85. The minimum absolute atomic E-state index is 0.172. The van der Waals surface area contributed by atoms with E-state index >= 15 is 0 Å². The molecule has 0 aliphatic carbocycles. The van der Waals surface area contributed by atoms with Crippen LogP contribution in [0.5, 0.6) is 0 Å². The van der Waals surface area contributed by atoms with Crippen LogP contribution in [0.4, 0.5) is 0 Å². The third-order valence-corrected chi connectivity index (χ3v) is 2.50. The van der Waals surface area contributed by atoms with E-state index < -0.39 is 12.1 Å². The number of nitrogens with one attached hydrogen (secondary N) is 1. The third-order valence-electron chi connectivity index (χ3n) is 2.50. The van der Waals surface area contributed by atoms with Crippen LogP contribution in [0.3, 0.4) is 0 Å². The highest BCUT2D eigenvalue weighted by atomic mass is 16.3. The summed E-state index contributed by atoms with van der Waals surface area (Å²) in [6.07, 6.45) is 0.672.